The lowest BCUT2D eigenvalue weighted by atomic mass is 9.87. The van der Waals surface area contributed by atoms with Gasteiger partial charge in [-0.1, -0.05) is 13.3 Å². The molecular formula is C14H26N2O2. The molecule has 2 saturated heterocycles. The Morgan fingerprint density at radius 3 is 2.83 bits per heavy atom. The standard InChI is InChI=1S/C14H26N2O2/c1-2-4-12-5-3-8-16(11-12)13(17)14(15)6-9-18-10-7-14/h12H,2-11,15H2,1H3. The second kappa shape index (κ2) is 6.02. The normalized spacial score (nSPS) is 28.1. The van der Waals surface area contributed by atoms with Gasteiger partial charge in [-0.25, -0.2) is 0 Å². The predicted octanol–water partition coefficient (Wildman–Crippen LogP) is 1.53. The van der Waals surface area contributed by atoms with Gasteiger partial charge in [0, 0.05) is 26.3 Å². The Hall–Kier alpha value is -0.610. The topological polar surface area (TPSA) is 55.6 Å². The number of ether oxygens (including phenoxy) is 1. The van der Waals surface area contributed by atoms with Crippen LogP contribution in [0, 0.1) is 5.92 Å². The summed E-state index contributed by atoms with van der Waals surface area (Å²) in [5, 5.41) is 0. The van der Waals surface area contributed by atoms with E-state index >= 15 is 0 Å². The van der Waals surface area contributed by atoms with E-state index in [1.54, 1.807) is 0 Å². The average Bonchev–Trinajstić information content (AvgIpc) is 2.39. The quantitative estimate of drug-likeness (QED) is 0.831. The molecule has 2 aliphatic rings. The van der Waals surface area contributed by atoms with Crippen LogP contribution < -0.4 is 5.73 Å². The van der Waals surface area contributed by atoms with Crippen LogP contribution in [0.2, 0.25) is 0 Å². The van der Waals surface area contributed by atoms with Gasteiger partial charge < -0.3 is 15.4 Å². The van der Waals surface area contributed by atoms with Gasteiger partial charge in [0.05, 0.1) is 5.54 Å². The molecule has 2 aliphatic heterocycles. The van der Waals surface area contributed by atoms with E-state index in [-0.39, 0.29) is 5.91 Å². The third kappa shape index (κ3) is 3.04. The summed E-state index contributed by atoms with van der Waals surface area (Å²) in [6.07, 6.45) is 6.15. The summed E-state index contributed by atoms with van der Waals surface area (Å²) in [7, 11) is 0. The highest BCUT2D eigenvalue weighted by Crippen LogP contribution is 2.26. The molecular weight excluding hydrogens is 228 g/mol. The summed E-state index contributed by atoms with van der Waals surface area (Å²) >= 11 is 0. The Balaban J connectivity index is 1.95. The fraction of sp³-hybridized carbons (Fsp3) is 0.929. The molecule has 1 atom stereocenters. The molecule has 1 unspecified atom stereocenters. The molecule has 0 aromatic heterocycles. The molecule has 4 heteroatoms. The molecule has 0 saturated carbocycles. The molecule has 104 valence electrons. The Morgan fingerprint density at radius 2 is 2.17 bits per heavy atom. The van der Waals surface area contributed by atoms with Crippen LogP contribution in [-0.2, 0) is 9.53 Å². The first-order valence-electron chi connectivity index (χ1n) is 7.32. The van der Waals surface area contributed by atoms with Crippen molar-refractivity contribution >= 4 is 5.91 Å². The average molecular weight is 254 g/mol. The lowest BCUT2D eigenvalue weighted by Gasteiger charge is -2.40. The van der Waals surface area contributed by atoms with Gasteiger partial charge in [0.1, 0.15) is 0 Å². The first-order chi connectivity index (χ1) is 8.65. The van der Waals surface area contributed by atoms with Crippen molar-refractivity contribution in [1.82, 2.24) is 4.90 Å². The molecule has 0 spiro atoms. The molecule has 0 aromatic carbocycles. The van der Waals surface area contributed by atoms with Gasteiger partial charge in [-0.05, 0) is 38.0 Å². The van der Waals surface area contributed by atoms with Crippen LogP contribution in [0.3, 0.4) is 0 Å². The fourth-order valence-electron chi connectivity index (χ4n) is 3.16. The van der Waals surface area contributed by atoms with Gasteiger partial charge >= 0.3 is 0 Å². The van der Waals surface area contributed by atoms with Crippen LogP contribution in [0.5, 0.6) is 0 Å². The highest BCUT2D eigenvalue weighted by molar-refractivity contribution is 5.86. The first kappa shape index (κ1) is 13.8. The van der Waals surface area contributed by atoms with Crippen molar-refractivity contribution < 1.29 is 9.53 Å². The number of carbonyl (C=O) groups is 1. The fourth-order valence-corrected chi connectivity index (χ4v) is 3.16. The third-order valence-electron chi connectivity index (χ3n) is 4.31. The second-order valence-corrected chi connectivity index (χ2v) is 5.82. The van der Waals surface area contributed by atoms with Crippen LogP contribution >= 0.6 is 0 Å². The maximum absolute atomic E-state index is 12.6. The van der Waals surface area contributed by atoms with Crippen molar-refractivity contribution in [3.8, 4) is 0 Å². The number of hydrogen-bond acceptors (Lipinski definition) is 3. The second-order valence-electron chi connectivity index (χ2n) is 5.82. The zero-order valence-corrected chi connectivity index (χ0v) is 11.5. The minimum absolute atomic E-state index is 0.159. The minimum Gasteiger partial charge on any atom is -0.381 e. The molecule has 18 heavy (non-hydrogen) atoms. The third-order valence-corrected chi connectivity index (χ3v) is 4.31. The van der Waals surface area contributed by atoms with Crippen LogP contribution in [0.25, 0.3) is 0 Å². The molecule has 0 aromatic rings. The van der Waals surface area contributed by atoms with Crippen molar-refractivity contribution in [1.29, 1.82) is 0 Å². The molecule has 2 heterocycles. The summed E-state index contributed by atoms with van der Waals surface area (Å²) in [6, 6.07) is 0. The Kier molecular flexibility index (Phi) is 4.62. The molecule has 2 N–H and O–H groups in total. The van der Waals surface area contributed by atoms with Gasteiger partial charge in [-0.2, -0.15) is 0 Å². The first-order valence-corrected chi connectivity index (χ1v) is 7.32. The van der Waals surface area contributed by atoms with E-state index in [4.69, 9.17) is 10.5 Å². The molecule has 0 aliphatic carbocycles. The molecule has 2 fully saturated rings. The summed E-state index contributed by atoms with van der Waals surface area (Å²) in [5.74, 6) is 0.836. The van der Waals surface area contributed by atoms with E-state index in [2.05, 4.69) is 6.92 Å². The SMILES string of the molecule is CCCC1CCCN(C(=O)C2(N)CCOCC2)C1. The van der Waals surface area contributed by atoms with E-state index < -0.39 is 5.54 Å². The van der Waals surface area contributed by atoms with E-state index in [1.165, 1.54) is 19.3 Å². The maximum atomic E-state index is 12.6. The van der Waals surface area contributed by atoms with Crippen molar-refractivity contribution in [3.05, 3.63) is 0 Å². The Labute approximate surface area is 110 Å². The van der Waals surface area contributed by atoms with E-state index in [0.29, 0.717) is 32.0 Å². The molecule has 2 rings (SSSR count). The summed E-state index contributed by atoms with van der Waals surface area (Å²) in [6.45, 7) is 5.25. The number of hydrogen-bond donors (Lipinski definition) is 1. The number of nitrogens with zero attached hydrogens (tertiary/aromatic N) is 1. The highest BCUT2D eigenvalue weighted by atomic mass is 16.5. The number of nitrogens with two attached hydrogens (primary N) is 1. The van der Waals surface area contributed by atoms with Crippen LogP contribution in [0.15, 0.2) is 0 Å². The van der Waals surface area contributed by atoms with Gasteiger partial charge in [0.25, 0.3) is 0 Å². The summed E-state index contributed by atoms with van der Waals surface area (Å²) in [5.41, 5.74) is 5.62. The zero-order valence-electron chi connectivity index (χ0n) is 11.5. The lowest BCUT2D eigenvalue weighted by molar-refractivity contribution is -0.142. The van der Waals surface area contributed by atoms with E-state index in [9.17, 15) is 4.79 Å². The zero-order chi connectivity index (χ0) is 13.0. The molecule has 0 bridgehead atoms. The van der Waals surface area contributed by atoms with E-state index in [0.717, 1.165) is 19.5 Å². The van der Waals surface area contributed by atoms with Crippen LogP contribution in [-0.4, -0.2) is 42.6 Å². The number of rotatable bonds is 3. The van der Waals surface area contributed by atoms with Crippen molar-refractivity contribution in [2.45, 2.75) is 51.0 Å². The van der Waals surface area contributed by atoms with Gasteiger partial charge in [0.15, 0.2) is 0 Å². The van der Waals surface area contributed by atoms with Crippen LogP contribution in [0.1, 0.15) is 45.4 Å². The van der Waals surface area contributed by atoms with Crippen molar-refractivity contribution in [2.24, 2.45) is 11.7 Å². The number of amides is 1. The van der Waals surface area contributed by atoms with E-state index in [1.807, 2.05) is 4.90 Å². The van der Waals surface area contributed by atoms with Gasteiger partial charge in [-0.15, -0.1) is 0 Å². The molecule has 0 radical (unpaired) electrons. The Morgan fingerprint density at radius 1 is 1.44 bits per heavy atom. The number of carbonyl (C=O) groups excluding carboxylic acids is 1. The smallest absolute Gasteiger partial charge is 0.242 e. The largest absolute Gasteiger partial charge is 0.381 e. The van der Waals surface area contributed by atoms with Crippen molar-refractivity contribution in [3.63, 3.8) is 0 Å². The van der Waals surface area contributed by atoms with Crippen molar-refractivity contribution in [2.75, 3.05) is 26.3 Å². The monoisotopic (exact) mass is 254 g/mol. The molecule has 1 amide bonds. The minimum atomic E-state index is -0.660. The summed E-state index contributed by atoms with van der Waals surface area (Å²) in [4.78, 5) is 14.6. The number of likely N-dealkylation sites (tertiary alicyclic amines) is 1. The molecule has 4 nitrogen and oxygen atoms in total. The predicted molar refractivity (Wildman–Crippen MR) is 71.2 cm³/mol. The van der Waals surface area contributed by atoms with Gasteiger partial charge in [-0.3, -0.25) is 4.79 Å². The van der Waals surface area contributed by atoms with Gasteiger partial charge in [0.2, 0.25) is 5.91 Å². The maximum Gasteiger partial charge on any atom is 0.242 e. The van der Waals surface area contributed by atoms with Crippen LogP contribution in [0.4, 0.5) is 0 Å². The Bertz CT molecular complexity index is 286. The number of piperidine rings is 1. The highest BCUT2D eigenvalue weighted by Gasteiger charge is 2.39. The lowest BCUT2D eigenvalue weighted by Crippen LogP contribution is -2.59. The summed E-state index contributed by atoms with van der Waals surface area (Å²) < 4.78 is 5.31.